The van der Waals surface area contributed by atoms with Gasteiger partial charge in [0.25, 0.3) is 5.91 Å². The Morgan fingerprint density at radius 2 is 2.10 bits per heavy atom. The maximum atomic E-state index is 12.9. The molecule has 0 radical (unpaired) electrons. The SMILES string of the molecule is C=CCCOCCNC(=O)c1ccc(Br)cc1C(F)(F)F. The Bertz CT molecular complexity index is 503. The van der Waals surface area contributed by atoms with Crippen molar-refractivity contribution in [1.82, 2.24) is 5.32 Å². The van der Waals surface area contributed by atoms with E-state index in [4.69, 9.17) is 4.74 Å². The molecule has 21 heavy (non-hydrogen) atoms. The van der Waals surface area contributed by atoms with Gasteiger partial charge in [0, 0.05) is 11.0 Å². The van der Waals surface area contributed by atoms with E-state index in [1.165, 1.54) is 6.07 Å². The normalized spacial score (nSPS) is 11.2. The first kappa shape index (κ1) is 17.7. The van der Waals surface area contributed by atoms with Gasteiger partial charge in [0.2, 0.25) is 0 Å². The van der Waals surface area contributed by atoms with E-state index >= 15 is 0 Å². The van der Waals surface area contributed by atoms with Crippen LogP contribution in [-0.4, -0.2) is 25.7 Å². The van der Waals surface area contributed by atoms with E-state index in [0.29, 0.717) is 13.0 Å². The number of hydrogen-bond acceptors (Lipinski definition) is 2. The van der Waals surface area contributed by atoms with Crippen LogP contribution < -0.4 is 5.32 Å². The molecule has 0 atom stereocenters. The molecular formula is C14H15BrF3NO2. The number of nitrogens with one attached hydrogen (secondary N) is 1. The Morgan fingerprint density at radius 3 is 2.71 bits per heavy atom. The molecule has 0 aliphatic carbocycles. The maximum absolute atomic E-state index is 12.9. The first-order valence-electron chi connectivity index (χ1n) is 6.20. The number of alkyl halides is 3. The molecule has 0 unspecified atom stereocenters. The van der Waals surface area contributed by atoms with Crippen LogP contribution in [0.3, 0.4) is 0 Å². The van der Waals surface area contributed by atoms with Gasteiger partial charge in [-0.15, -0.1) is 6.58 Å². The summed E-state index contributed by atoms with van der Waals surface area (Å²) in [5.41, 5.74) is -1.38. The zero-order chi connectivity index (χ0) is 15.9. The zero-order valence-electron chi connectivity index (χ0n) is 11.2. The highest BCUT2D eigenvalue weighted by Crippen LogP contribution is 2.33. The van der Waals surface area contributed by atoms with Gasteiger partial charge in [0.05, 0.1) is 24.3 Å². The van der Waals surface area contributed by atoms with Crippen molar-refractivity contribution in [3.63, 3.8) is 0 Å². The standard InChI is InChI=1S/C14H15BrF3NO2/c1-2-3-7-21-8-6-19-13(20)11-5-4-10(15)9-12(11)14(16,17)18/h2,4-5,9H,1,3,6-8H2,(H,19,20). The van der Waals surface area contributed by atoms with E-state index in [-0.39, 0.29) is 17.6 Å². The lowest BCUT2D eigenvalue weighted by Gasteiger charge is -2.13. The fraction of sp³-hybridized carbons (Fsp3) is 0.357. The summed E-state index contributed by atoms with van der Waals surface area (Å²) in [7, 11) is 0. The van der Waals surface area contributed by atoms with Crippen LogP contribution in [0, 0.1) is 0 Å². The van der Waals surface area contributed by atoms with E-state index in [1.807, 2.05) is 0 Å². The summed E-state index contributed by atoms with van der Waals surface area (Å²) >= 11 is 2.97. The van der Waals surface area contributed by atoms with Crippen LogP contribution in [0.15, 0.2) is 35.3 Å². The minimum atomic E-state index is -4.59. The van der Waals surface area contributed by atoms with Gasteiger partial charge in [-0.3, -0.25) is 4.79 Å². The zero-order valence-corrected chi connectivity index (χ0v) is 12.8. The summed E-state index contributed by atoms with van der Waals surface area (Å²) in [4.78, 5) is 11.8. The number of ether oxygens (including phenoxy) is 1. The molecule has 116 valence electrons. The minimum absolute atomic E-state index is 0.142. The molecule has 0 saturated heterocycles. The molecule has 0 aromatic heterocycles. The van der Waals surface area contributed by atoms with Gasteiger partial charge in [-0.1, -0.05) is 22.0 Å². The average molecular weight is 366 g/mol. The summed E-state index contributed by atoms with van der Waals surface area (Å²) < 4.78 is 44.1. The summed E-state index contributed by atoms with van der Waals surface area (Å²) in [6.07, 6.45) is -2.22. The van der Waals surface area contributed by atoms with E-state index in [2.05, 4.69) is 27.8 Å². The smallest absolute Gasteiger partial charge is 0.379 e. The van der Waals surface area contributed by atoms with Crippen LogP contribution in [0.2, 0.25) is 0 Å². The second-order valence-corrected chi connectivity index (χ2v) is 5.05. The summed E-state index contributed by atoms with van der Waals surface area (Å²) in [6, 6.07) is 3.42. The highest BCUT2D eigenvalue weighted by Gasteiger charge is 2.35. The Labute approximate surface area is 129 Å². The second-order valence-electron chi connectivity index (χ2n) is 4.13. The van der Waals surface area contributed by atoms with Crippen molar-refractivity contribution in [3.8, 4) is 0 Å². The molecule has 1 aromatic carbocycles. The topological polar surface area (TPSA) is 38.3 Å². The molecule has 7 heteroatoms. The number of carbonyl (C=O) groups excluding carboxylic acids is 1. The summed E-state index contributed by atoms with van der Waals surface area (Å²) in [5.74, 6) is -0.776. The highest BCUT2D eigenvalue weighted by atomic mass is 79.9. The summed E-state index contributed by atoms with van der Waals surface area (Å²) in [5, 5.41) is 2.40. The molecule has 0 aliphatic heterocycles. The van der Waals surface area contributed by atoms with E-state index in [1.54, 1.807) is 6.08 Å². The van der Waals surface area contributed by atoms with Gasteiger partial charge < -0.3 is 10.1 Å². The van der Waals surface area contributed by atoms with Gasteiger partial charge in [0.15, 0.2) is 0 Å². The molecule has 1 N–H and O–H groups in total. The quantitative estimate of drug-likeness (QED) is 0.589. The minimum Gasteiger partial charge on any atom is -0.379 e. The molecular weight excluding hydrogens is 351 g/mol. The third-order valence-electron chi connectivity index (χ3n) is 2.53. The lowest BCUT2D eigenvalue weighted by atomic mass is 10.1. The van der Waals surface area contributed by atoms with Crippen LogP contribution in [0.5, 0.6) is 0 Å². The van der Waals surface area contributed by atoms with Crippen molar-refractivity contribution in [2.45, 2.75) is 12.6 Å². The molecule has 0 saturated carbocycles. The molecule has 0 bridgehead atoms. The third-order valence-corrected chi connectivity index (χ3v) is 3.02. The van der Waals surface area contributed by atoms with Crippen LogP contribution in [0.1, 0.15) is 22.3 Å². The highest BCUT2D eigenvalue weighted by molar-refractivity contribution is 9.10. The first-order valence-corrected chi connectivity index (χ1v) is 6.99. The molecule has 1 rings (SSSR count). The molecule has 0 heterocycles. The summed E-state index contributed by atoms with van der Waals surface area (Å²) in [6.45, 7) is 4.37. The number of carbonyl (C=O) groups is 1. The number of benzene rings is 1. The van der Waals surface area contributed by atoms with Crippen molar-refractivity contribution in [1.29, 1.82) is 0 Å². The van der Waals surface area contributed by atoms with Crippen LogP contribution in [0.25, 0.3) is 0 Å². The lowest BCUT2D eigenvalue weighted by Crippen LogP contribution is -2.29. The fourth-order valence-electron chi connectivity index (χ4n) is 1.55. The molecule has 3 nitrogen and oxygen atoms in total. The Morgan fingerprint density at radius 1 is 1.38 bits per heavy atom. The monoisotopic (exact) mass is 365 g/mol. The van der Waals surface area contributed by atoms with E-state index in [0.717, 1.165) is 12.1 Å². The average Bonchev–Trinajstić information content (AvgIpc) is 2.41. The van der Waals surface area contributed by atoms with Crippen molar-refractivity contribution < 1.29 is 22.7 Å². The fourth-order valence-corrected chi connectivity index (χ4v) is 1.91. The third kappa shape index (κ3) is 5.89. The molecule has 1 amide bonds. The number of halogens is 4. The van der Waals surface area contributed by atoms with Crippen molar-refractivity contribution in [2.24, 2.45) is 0 Å². The largest absolute Gasteiger partial charge is 0.417 e. The van der Waals surface area contributed by atoms with Gasteiger partial charge in [0.1, 0.15) is 0 Å². The Kier molecular flexibility index (Phi) is 6.91. The molecule has 0 spiro atoms. The number of rotatable bonds is 7. The van der Waals surface area contributed by atoms with Crippen LogP contribution in [0.4, 0.5) is 13.2 Å². The Hall–Kier alpha value is -1.34. The number of amides is 1. The predicted molar refractivity (Wildman–Crippen MR) is 77.1 cm³/mol. The number of hydrogen-bond donors (Lipinski definition) is 1. The van der Waals surface area contributed by atoms with Crippen molar-refractivity contribution >= 4 is 21.8 Å². The predicted octanol–water partition coefficient (Wildman–Crippen LogP) is 3.79. The van der Waals surface area contributed by atoms with Crippen molar-refractivity contribution in [3.05, 3.63) is 46.5 Å². The molecule has 0 fully saturated rings. The van der Waals surface area contributed by atoms with Gasteiger partial charge >= 0.3 is 6.18 Å². The van der Waals surface area contributed by atoms with Gasteiger partial charge in [-0.25, -0.2) is 0 Å². The Balaban J connectivity index is 2.64. The molecule has 0 aliphatic rings. The van der Waals surface area contributed by atoms with Crippen LogP contribution in [-0.2, 0) is 10.9 Å². The molecule has 1 aromatic rings. The van der Waals surface area contributed by atoms with E-state index in [9.17, 15) is 18.0 Å². The first-order chi connectivity index (χ1) is 9.86. The second kappa shape index (κ2) is 8.19. The maximum Gasteiger partial charge on any atom is 0.417 e. The van der Waals surface area contributed by atoms with Gasteiger partial charge in [-0.05, 0) is 24.6 Å². The van der Waals surface area contributed by atoms with Gasteiger partial charge in [-0.2, -0.15) is 13.2 Å². The van der Waals surface area contributed by atoms with Crippen molar-refractivity contribution in [2.75, 3.05) is 19.8 Å². The van der Waals surface area contributed by atoms with E-state index < -0.39 is 23.2 Å². The van der Waals surface area contributed by atoms with Crippen LogP contribution >= 0.6 is 15.9 Å². The lowest BCUT2D eigenvalue weighted by molar-refractivity contribution is -0.138.